The Hall–Kier alpha value is -11.0. The average molecular weight is 1530 g/mol. The molecular weight excluding hydrogens is 1480 g/mol. The Labute approximate surface area is 575 Å². The zero-order valence-electron chi connectivity index (χ0n) is 51.2. The van der Waals surface area contributed by atoms with E-state index >= 15 is 0 Å². The number of terminal acetylenes is 1. The average Bonchev–Trinajstić information content (AvgIpc) is 1.11. The molecule has 0 bridgehead atoms. The molecule has 8 aromatic carbocycles. The Bertz CT molecular complexity index is 5250. The van der Waals surface area contributed by atoms with Crippen LogP contribution in [0, 0.1) is 76.3 Å². The van der Waals surface area contributed by atoms with E-state index in [0.717, 1.165) is 140 Å². The fourth-order valence-corrected chi connectivity index (χ4v) is 11.2. The number of rotatable bonds is 18. The van der Waals surface area contributed by atoms with Crippen molar-refractivity contribution in [1.82, 2.24) is 24.4 Å². The third-order valence-corrected chi connectivity index (χ3v) is 18.2. The first-order chi connectivity index (χ1) is 47.7. The lowest BCUT2D eigenvalue weighted by molar-refractivity contribution is 0.0680. The highest BCUT2D eigenvalue weighted by atomic mass is 35.7. The number of nitrogens with zero attached hydrogens (tertiary/aromatic N) is 3. The predicted molar refractivity (Wildman–Crippen MR) is 341 cm³/mol. The Morgan fingerprint density at radius 1 is 0.471 bits per heavy atom. The minimum absolute atomic E-state index is 0.117. The van der Waals surface area contributed by atoms with Crippen LogP contribution in [0.15, 0.2) is 177 Å². The number of hydrogen-bond donors (Lipinski definition) is 7. The normalized spacial score (nSPS) is 11.8. The van der Waals surface area contributed by atoms with Crippen molar-refractivity contribution in [3.8, 4) is 12.3 Å². The number of hydrogen-bond acceptors (Lipinski definition) is 15. The molecule has 1 saturated carbocycles. The molecule has 1 fully saturated rings. The molecule has 9 aromatic rings. The molecule has 1 aromatic heterocycles. The first kappa shape index (κ1) is 80.0. The number of aromatic nitrogens is 3. The van der Waals surface area contributed by atoms with Crippen molar-refractivity contribution in [3.05, 3.63) is 255 Å². The largest absolute Gasteiger partial charge is 0.478 e. The molecule has 536 valence electrons. The van der Waals surface area contributed by atoms with Gasteiger partial charge in [0.25, 0.3) is 26.8 Å². The van der Waals surface area contributed by atoms with Crippen LogP contribution in [0.4, 0.5) is 65.4 Å². The summed E-state index contributed by atoms with van der Waals surface area (Å²) in [4.78, 5) is 55.6. The molecular formula is C63H46ClF11N8O15S4. The van der Waals surface area contributed by atoms with Gasteiger partial charge in [-0.05, 0) is 134 Å². The van der Waals surface area contributed by atoms with Crippen LogP contribution in [0.5, 0.6) is 0 Å². The second-order valence-electron chi connectivity index (χ2n) is 20.4. The number of benzene rings is 8. The SMILES string of the molecule is C#CCNS(=O)(=O)c1ccc(F)c(C(=O)Nc2ccc(F)c(F)c2)c1.CS(=O)(=O)c1ccc(F)c(C(=O)O)c1.O=C(Nc1ccc(F)c(F)c1)c1cc(S(=O)(=O)Cl)ccc1F.O=C(Nc1ccc(F)c(F)c1)c1cc(S(=O)(=O)NCc2cn(C3CC3)nn2)ccc1F.O=C(O)c1ccccc1F. The third-order valence-electron chi connectivity index (χ3n) is 13.0. The molecule has 0 radical (unpaired) electrons. The minimum atomic E-state index is -4.14. The van der Waals surface area contributed by atoms with Crippen LogP contribution in [-0.4, -0.2) is 101 Å². The summed E-state index contributed by atoms with van der Waals surface area (Å²) in [5, 5.41) is 31.2. The Kier molecular flexibility index (Phi) is 27.0. The van der Waals surface area contributed by atoms with Crippen molar-refractivity contribution in [1.29, 1.82) is 0 Å². The topological polar surface area (TPSA) is 353 Å². The van der Waals surface area contributed by atoms with E-state index in [1.165, 1.54) is 18.2 Å². The van der Waals surface area contributed by atoms with Crippen LogP contribution in [0.3, 0.4) is 0 Å². The fraction of sp³-hybridized carbons (Fsp3) is 0.0952. The van der Waals surface area contributed by atoms with E-state index in [0.29, 0.717) is 23.9 Å². The number of carbonyl (C=O) groups is 5. The van der Waals surface area contributed by atoms with Gasteiger partial charge in [-0.3, -0.25) is 14.4 Å². The van der Waals surface area contributed by atoms with Gasteiger partial charge >= 0.3 is 11.9 Å². The first-order valence-corrected chi connectivity index (χ1v) is 35.0. The van der Waals surface area contributed by atoms with Crippen molar-refractivity contribution >= 4 is 96.3 Å². The lowest BCUT2D eigenvalue weighted by Crippen LogP contribution is -2.24. The maximum absolute atomic E-state index is 14.2. The van der Waals surface area contributed by atoms with Crippen LogP contribution in [0.1, 0.15) is 76.4 Å². The van der Waals surface area contributed by atoms with E-state index in [4.69, 9.17) is 27.3 Å². The number of carboxylic acids is 2. The molecule has 1 heterocycles. The van der Waals surface area contributed by atoms with Crippen molar-refractivity contribution in [2.45, 2.75) is 45.0 Å². The number of aromatic carboxylic acids is 2. The van der Waals surface area contributed by atoms with E-state index in [1.807, 2.05) is 0 Å². The quantitative estimate of drug-likeness (QED) is 0.0182. The first-order valence-electron chi connectivity index (χ1n) is 27.9. The molecule has 0 saturated heterocycles. The van der Waals surface area contributed by atoms with Crippen molar-refractivity contribution in [2.75, 3.05) is 28.8 Å². The second-order valence-corrected chi connectivity index (χ2v) is 28.5. The standard InChI is InChI=1S/C19H16F3N5O3S.C16H11F3N2O3S.C13H7ClF3NO3S.C8H7FO4S.C7H5FO2/c20-16-6-4-14(8-15(16)19(28)24-11-1-5-17(21)18(22)7-11)31(29,30)23-9-12-10-27(26-25-12)13-2-3-13;1-2-7-20-25(23,24)11-4-6-13(17)12(9-11)16(22)21-10-3-5-14(18)15(19)8-10;14-22(20,21)8-2-4-10(15)9(6-8)13(19)18-7-1-3-11(16)12(17)5-7;1-14(12,13)5-2-3-7(9)6(4-5)8(10)11;8-6-4-2-1-3-5(6)7(9)10/h1,4-8,10,13,23H,2-3,9H2,(H,24,28);1,3-6,8-9,20H,7H2,(H,21,22);1-6H,(H,18,19);2-4H,1H3,(H,10,11);1-4H,(H,9,10). The van der Waals surface area contributed by atoms with Gasteiger partial charge in [-0.25, -0.2) is 101 Å². The van der Waals surface area contributed by atoms with Gasteiger partial charge in [0, 0.05) is 52.2 Å². The van der Waals surface area contributed by atoms with Crippen LogP contribution in [0.2, 0.25) is 0 Å². The summed E-state index contributed by atoms with van der Waals surface area (Å²) >= 11 is 0. The van der Waals surface area contributed by atoms with Crippen LogP contribution >= 0.6 is 10.7 Å². The van der Waals surface area contributed by atoms with E-state index in [9.17, 15) is 106 Å². The molecule has 102 heavy (non-hydrogen) atoms. The van der Waals surface area contributed by atoms with Crippen molar-refractivity contribution in [3.63, 3.8) is 0 Å². The highest BCUT2D eigenvalue weighted by Crippen LogP contribution is 2.34. The number of anilines is 3. The fourth-order valence-electron chi connectivity index (χ4n) is 7.76. The number of carbonyl (C=O) groups excluding carboxylic acids is 3. The third kappa shape index (κ3) is 22.8. The molecule has 10 rings (SSSR count). The van der Waals surface area contributed by atoms with Gasteiger partial charge in [-0.15, -0.1) is 11.5 Å². The van der Waals surface area contributed by atoms with Crippen LogP contribution in [-0.2, 0) is 45.5 Å². The van der Waals surface area contributed by atoms with E-state index < -0.39 is 160 Å². The van der Waals surface area contributed by atoms with E-state index in [2.05, 4.69) is 41.6 Å². The minimum Gasteiger partial charge on any atom is -0.478 e. The molecule has 0 atom stereocenters. The Morgan fingerprint density at radius 3 is 1.19 bits per heavy atom. The molecule has 23 nitrogen and oxygen atoms in total. The summed E-state index contributed by atoms with van der Waals surface area (Å²) in [6.07, 6.45) is 9.53. The van der Waals surface area contributed by atoms with Gasteiger partial charge in [-0.2, -0.15) is 4.72 Å². The van der Waals surface area contributed by atoms with Gasteiger partial charge in [0.05, 0.1) is 78.4 Å². The van der Waals surface area contributed by atoms with Gasteiger partial charge in [0.2, 0.25) is 20.0 Å². The molecule has 0 aliphatic heterocycles. The van der Waals surface area contributed by atoms with Crippen LogP contribution in [0.25, 0.3) is 0 Å². The highest BCUT2D eigenvalue weighted by molar-refractivity contribution is 8.13. The summed E-state index contributed by atoms with van der Waals surface area (Å²) in [5.41, 5.74) is -2.66. The van der Waals surface area contributed by atoms with Gasteiger partial charge in [0.15, 0.2) is 44.7 Å². The summed E-state index contributed by atoms with van der Waals surface area (Å²) in [5.74, 6) is -15.3. The smallest absolute Gasteiger partial charge is 0.338 e. The summed E-state index contributed by atoms with van der Waals surface area (Å²) in [7, 11) is -10.7. The number of halogens is 12. The summed E-state index contributed by atoms with van der Waals surface area (Å²) in [6, 6.07) is 23.6. The summed E-state index contributed by atoms with van der Waals surface area (Å²) in [6.45, 7) is -0.418. The highest BCUT2D eigenvalue weighted by Gasteiger charge is 2.27. The Morgan fingerprint density at radius 2 is 0.824 bits per heavy atom. The molecule has 0 spiro atoms. The monoisotopic (exact) mass is 1530 g/mol. The lowest BCUT2D eigenvalue weighted by Gasteiger charge is -2.10. The Balaban J connectivity index is 0.000000210. The number of carboxylic acid groups (broad SMARTS) is 2. The number of nitrogens with one attached hydrogen (secondary N) is 5. The number of sulfonamides is 2. The van der Waals surface area contributed by atoms with Gasteiger partial charge < -0.3 is 26.2 Å². The summed E-state index contributed by atoms with van der Waals surface area (Å²) < 4.78 is 245. The van der Waals surface area contributed by atoms with Crippen molar-refractivity contribution in [2.24, 2.45) is 0 Å². The van der Waals surface area contributed by atoms with Crippen LogP contribution < -0.4 is 25.4 Å². The zero-order valence-corrected chi connectivity index (χ0v) is 55.2. The molecule has 39 heteroatoms. The second kappa shape index (κ2) is 34.4. The number of amides is 3. The molecule has 0 unspecified atom stereocenters. The predicted octanol–water partition coefficient (Wildman–Crippen LogP) is 10.8. The molecule has 1 aliphatic rings. The van der Waals surface area contributed by atoms with E-state index in [-0.39, 0.29) is 50.4 Å². The molecule has 1 aliphatic carbocycles. The number of sulfone groups is 1. The zero-order chi connectivity index (χ0) is 75.8. The van der Waals surface area contributed by atoms with Gasteiger partial charge in [-0.1, -0.05) is 23.3 Å². The molecule has 3 amide bonds. The molecule has 7 N–H and O–H groups in total. The van der Waals surface area contributed by atoms with Crippen molar-refractivity contribution < 1.29 is 116 Å². The van der Waals surface area contributed by atoms with Gasteiger partial charge in [0.1, 0.15) is 29.1 Å². The maximum Gasteiger partial charge on any atom is 0.338 e. The lowest BCUT2D eigenvalue weighted by atomic mass is 10.2. The maximum atomic E-state index is 14.2. The van der Waals surface area contributed by atoms with E-state index in [1.54, 1.807) is 10.9 Å².